The summed E-state index contributed by atoms with van der Waals surface area (Å²) in [5, 5.41) is 20.9. The number of nitriles is 1. The summed E-state index contributed by atoms with van der Waals surface area (Å²) < 4.78 is 0. The summed E-state index contributed by atoms with van der Waals surface area (Å²) in [5.41, 5.74) is 0.156. The van der Waals surface area contributed by atoms with Gasteiger partial charge in [0.25, 0.3) is 0 Å². The SMILES string of the molecule is CCC(CC#N)NCC1(CO)CC1. The first-order valence-electron chi connectivity index (χ1n) is 4.97. The van der Waals surface area contributed by atoms with E-state index in [-0.39, 0.29) is 12.0 Å². The van der Waals surface area contributed by atoms with Crippen LogP contribution >= 0.6 is 0 Å². The number of aliphatic hydroxyl groups excluding tert-OH is 1. The third kappa shape index (κ3) is 2.98. The first-order chi connectivity index (χ1) is 6.26. The predicted octanol–water partition coefficient (Wildman–Crippen LogP) is 1.04. The molecule has 0 heterocycles. The van der Waals surface area contributed by atoms with Gasteiger partial charge in [-0.25, -0.2) is 0 Å². The number of hydrogen-bond donors (Lipinski definition) is 2. The van der Waals surface area contributed by atoms with Crippen LogP contribution in [0.2, 0.25) is 0 Å². The van der Waals surface area contributed by atoms with E-state index in [4.69, 9.17) is 10.4 Å². The smallest absolute Gasteiger partial charge is 0.0638 e. The average molecular weight is 182 g/mol. The molecule has 1 atom stereocenters. The zero-order valence-electron chi connectivity index (χ0n) is 8.21. The zero-order chi connectivity index (χ0) is 9.73. The molecule has 1 fully saturated rings. The highest BCUT2D eigenvalue weighted by Crippen LogP contribution is 2.44. The van der Waals surface area contributed by atoms with Crippen molar-refractivity contribution in [2.45, 2.75) is 38.6 Å². The molecular weight excluding hydrogens is 164 g/mol. The maximum absolute atomic E-state index is 9.07. The van der Waals surface area contributed by atoms with Crippen molar-refractivity contribution >= 4 is 0 Å². The maximum atomic E-state index is 9.07. The molecule has 1 saturated carbocycles. The summed E-state index contributed by atoms with van der Waals surface area (Å²) >= 11 is 0. The van der Waals surface area contributed by atoms with Crippen LogP contribution in [0.3, 0.4) is 0 Å². The monoisotopic (exact) mass is 182 g/mol. The number of rotatable bonds is 6. The predicted molar refractivity (Wildman–Crippen MR) is 51.1 cm³/mol. The Morgan fingerprint density at radius 1 is 1.62 bits per heavy atom. The highest BCUT2D eigenvalue weighted by molar-refractivity contribution is 4.95. The highest BCUT2D eigenvalue weighted by atomic mass is 16.3. The van der Waals surface area contributed by atoms with Gasteiger partial charge in [-0.1, -0.05) is 6.92 Å². The molecule has 1 aliphatic rings. The molecule has 0 aromatic rings. The van der Waals surface area contributed by atoms with E-state index >= 15 is 0 Å². The lowest BCUT2D eigenvalue weighted by atomic mass is 10.1. The van der Waals surface area contributed by atoms with Crippen LogP contribution in [0.25, 0.3) is 0 Å². The third-order valence-corrected chi connectivity index (χ3v) is 2.89. The quantitative estimate of drug-likeness (QED) is 0.645. The zero-order valence-corrected chi connectivity index (χ0v) is 8.21. The molecule has 0 aromatic carbocycles. The number of hydrogen-bond acceptors (Lipinski definition) is 3. The van der Waals surface area contributed by atoms with E-state index in [0.29, 0.717) is 12.5 Å². The van der Waals surface area contributed by atoms with E-state index in [0.717, 1.165) is 25.8 Å². The minimum absolute atomic E-state index is 0.156. The lowest BCUT2D eigenvalue weighted by Crippen LogP contribution is -2.34. The summed E-state index contributed by atoms with van der Waals surface area (Å²) in [6, 6.07) is 2.47. The molecule has 0 aliphatic heterocycles. The molecule has 0 radical (unpaired) electrons. The Morgan fingerprint density at radius 3 is 2.69 bits per heavy atom. The van der Waals surface area contributed by atoms with Crippen LogP contribution in [0.5, 0.6) is 0 Å². The Labute approximate surface area is 79.8 Å². The molecule has 0 amide bonds. The molecular formula is C10H18N2O. The summed E-state index contributed by atoms with van der Waals surface area (Å²) in [4.78, 5) is 0. The minimum atomic E-state index is 0.156. The second-order valence-electron chi connectivity index (χ2n) is 4.01. The van der Waals surface area contributed by atoms with Gasteiger partial charge in [-0.05, 0) is 19.3 Å². The van der Waals surface area contributed by atoms with Gasteiger partial charge in [0.1, 0.15) is 0 Å². The van der Waals surface area contributed by atoms with E-state index in [1.807, 2.05) is 0 Å². The van der Waals surface area contributed by atoms with Crippen molar-refractivity contribution in [3.63, 3.8) is 0 Å². The van der Waals surface area contributed by atoms with E-state index in [1.165, 1.54) is 0 Å². The van der Waals surface area contributed by atoms with Crippen molar-refractivity contribution in [3.8, 4) is 6.07 Å². The summed E-state index contributed by atoms with van der Waals surface area (Å²) in [7, 11) is 0. The van der Waals surface area contributed by atoms with E-state index in [2.05, 4.69) is 18.3 Å². The van der Waals surface area contributed by atoms with Crippen molar-refractivity contribution < 1.29 is 5.11 Å². The van der Waals surface area contributed by atoms with Crippen molar-refractivity contribution in [1.29, 1.82) is 5.26 Å². The summed E-state index contributed by atoms with van der Waals surface area (Å²) in [6.07, 6.45) is 3.80. The van der Waals surface area contributed by atoms with Crippen LogP contribution in [0, 0.1) is 16.7 Å². The number of nitrogens with zero attached hydrogens (tertiary/aromatic N) is 1. The van der Waals surface area contributed by atoms with E-state index in [1.54, 1.807) is 0 Å². The molecule has 13 heavy (non-hydrogen) atoms. The van der Waals surface area contributed by atoms with Gasteiger partial charge in [-0.15, -0.1) is 0 Å². The Bertz CT molecular complexity index is 194. The van der Waals surface area contributed by atoms with Gasteiger partial charge in [0.15, 0.2) is 0 Å². The molecule has 0 spiro atoms. The number of aliphatic hydroxyl groups is 1. The van der Waals surface area contributed by atoms with Crippen LogP contribution in [-0.4, -0.2) is 24.3 Å². The Balaban J connectivity index is 2.20. The molecule has 1 rings (SSSR count). The molecule has 0 bridgehead atoms. The molecule has 1 unspecified atom stereocenters. The first-order valence-corrected chi connectivity index (χ1v) is 4.97. The standard InChI is InChI=1S/C10H18N2O/c1-2-9(3-6-11)12-7-10(8-13)4-5-10/h9,12-13H,2-5,7-8H2,1H3. The van der Waals surface area contributed by atoms with Crippen LogP contribution in [0.15, 0.2) is 0 Å². The molecule has 0 saturated heterocycles. The molecule has 2 N–H and O–H groups in total. The lowest BCUT2D eigenvalue weighted by molar-refractivity contribution is 0.203. The normalized spacial score (nSPS) is 20.7. The first kappa shape index (κ1) is 10.5. The topological polar surface area (TPSA) is 56.0 Å². The van der Waals surface area contributed by atoms with Gasteiger partial charge in [-0.2, -0.15) is 5.26 Å². The van der Waals surface area contributed by atoms with E-state index < -0.39 is 0 Å². The lowest BCUT2D eigenvalue weighted by Gasteiger charge is -2.18. The maximum Gasteiger partial charge on any atom is 0.0638 e. The second kappa shape index (κ2) is 4.59. The Morgan fingerprint density at radius 2 is 2.31 bits per heavy atom. The average Bonchev–Trinajstić information content (AvgIpc) is 2.93. The van der Waals surface area contributed by atoms with Gasteiger partial charge in [0.2, 0.25) is 0 Å². The third-order valence-electron chi connectivity index (χ3n) is 2.89. The van der Waals surface area contributed by atoms with Crippen LogP contribution in [0.4, 0.5) is 0 Å². The van der Waals surface area contributed by atoms with E-state index in [9.17, 15) is 0 Å². The van der Waals surface area contributed by atoms with Crippen LogP contribution < -0.4 is 5.32 Å². The van der Waals surface area contributed by atoms with Crippen LogP contribution in [-0.2, 0) is 0 Å². The van der Waals surface area contributed by atoms with Crippen molar-refractivity contribution in [2.24, 2.45) is 5.41 Å². The van der Waals surface area contributed by atoms with Gasteiger partial charge < -0.3 is 10.4 Å². The van der Waals surface area contributed by atoms with Crippen molar-refractivity contribution in [1.82, 2.24) is 5.32 Å². The summed E-state index contributed by atoms with van der Waals surface area (Å²) in [6.45, 7) is 3.22. The molecule has 3 heteroatoms. The minimum Gasteiger partial charge on any atom is -0.396 e. The Kier molecular flexibility index (Phi) is 3.71. The molecule has 0 aromatic heterocycles. The fourth-order valence-corrected chi connectivity index (χ4v) is 1.40. The van der Waals surface area contributed by atoms with Gasteiger partial charge >= 0.3 is 0 Å². The highest BCUT2D eigenvalue weighted by Gasteiger charge is 2.41. The molecule has 3 nitrogen and oxygen atoms in total. The van der Waals surface area contributed by atoms with Crippen molar-refractivity contribution in [3.05, 3.63) is 0 Å². The van der Waals surface area contributed by atoms with Crippen molar-refractivity contribution in [2.75, 3.05) is 13.2 Å². The second-order valence-corrected chi connectivity index (χ2v) is 4.01. The Hall–Kier alpha value is -0.590. The largest absolute Gasteiger partial charge is 0.396 e. The van der Waals surface area contributed by atoms with Gasteiger partial charge in [0.05, 0.1) is 12.5 Å². The molecule has 1 aliphatic carbocycles. The molecule has 74 valence electrons. The van der Waals surface area contributed by atoms with Crippen LogP contribution in [0.1, 0.15) is 32.6 Å². The van der Waals surface area contributed by atoms with Gasteiger partial charge in [-0.3, -0.25) is 0 Å². The number of nitrogens with one attached hydrogen (secondary N) is 1. The fraction of sp³-hybridized carbons (Fsp3) is 0.900. The van der Waals surface area contributed by atoms with Gasteiger partial charge in [0, 0.05) is 24.6 Å². The fourth-order valence-electron chi connectivity index (χ4n) is 1.40. The summed E-state index contributed by atoms with van der Waals surface area (Å²) in [5.74, 6) is 0.